The van der Waals surface area contributed by atoms with Gasteiger partial charge in [0.15, 0.2) is 0 Å². The van der Waals surface area contributed by atoms with Crippen molar-refractivity contribution in [1.82, 2.24) is 10.6 Å². The quantitative estimate of drug-likeness (QED) is 0.625. The molecule has 7 heteroatoms. The largest absolute Gasteiger partial charge is 0.480 e. The summed E-state index contributed by atoms with van der Waals surface area (Å²) in [5.41, 5.74) is 0.830. The summed E-state index contributed by atoms with van der Waals surface area (Å²) < 4.78 is 5.13. The van der Waals surface area contributed by atoms with Crippen molar-refractivity contribution in [2.24, 2.45) is 11.8 Å². The highest BCUT2D eigenvalue weighted by Gasteiger charge is 2.29. The zero-order valence-corrected chi connectivity index (χ0v) is 15.7. The molecule has 0 aliphatic rings. The minimum Gasteiger partial charge on any atom is -0.480 e. The van der Waals surface area contributed by atoms with Crippen LogP contribution in [0.3, 0.4) is 0 Å². The Bertz CT molecular complexity index is 601. The SMILES string of the molecule is CC(C)C[C@H](NC(=O)C(NC(=O)OCc1ccccc1)C(C)C)C(=O)O. The average Bonchev–Trinajstić information content (AvgIpc) is 2.57. The Morgan fingerprint density at radius 3 is 2.15 bits per heavy atom. The Morgan fingerprint density at radius 1 is 1.04 bits per heavy atom. The highest BCUT2D eigenvalue weighted by molar-refractivity contribution is 5.89. The van der Waals surface area contributed by atoms with E-state index in [1.807, 2.05) is 44.2 Å². The van der Waals surface area contributed by atoms with Crippen molar-refractivity contribution in [3.63, 3.8) is 0 Å². The molecule has 1 aromatic carbocycles. The number of aliphatic carboxylic acids is 1. The number of carboxylic acid groups (broad SMARTS) is 1. The minimum absolute atomic E-state index is 0.0875. The number of carbonyl (C=O) groups excluding carboxylic acids is 2. The van der Waals surface area contributed by atoms with Gasteiger partial charge in [-0.25, -0.2) is 9.59 Å². The van der Waals surface area contributed by atoms with Crippen LogP contribution in [0.4, 0.5) is 4.79 Å². The van der Waals surface area contributed by atoms with E-state index in [1.165, 1.54) is 0 Å². The molecule has 0 aromatic heterocycles. The molecule has 0 aliphatic carbocycles. The Hall–Kier alpha value is -2.57. The highest BCUT2D eigenvalue weighted by Crippen LogP contribution is 2.08. The number of hydrogen-bond acceptors (Lipinski definition) is 4. The number of carboxylic acids is 1. The zero-order chi connectivity index (χ0) is 19.7. The van der Waals surface area contributed by atoms with Crippen molar-refractivity contribution in [3.05, 3.63) is 35.9 Å². The molecular formula is C19H28N2O5. The van der Waals surface area contributed by atoms with Gasteiger partial charge in [0.05, 0.1) is 0 Å². The van der Waals surface area contributed by atoms with Crippen LogP contribution in [0.1, 0.15) is 39.7 Å². The maximum atomic E-state index is 12.4. The van der Waals surface area contributed by atoms with Gasteiger partial charge in [-0.1, -0.05) is 58.0 Å². The van der Waals surface area contributed by atoms with Gasteiger partial charge in [0.2, 0.25) is 5.91 Å². The van der Waals surface area contributed by atoms with Crippen molar-refractivity contribution in [3.8, 4) is 0 Å². The molecule has 0 saturated heterocycles. The second-order valence-corrected chi connectivity index (χ2v) is 6.96. The van der Waals surface area contributed by atoms with E-state index in [0.717, 1.165) is 5.56 Å². The first-order valence-electron chi connectivity index (χ1n) is 8.71. The number of ether oxygens (including phenoxy) is 1. The molecule has 3 N–H and O–H groups in total. The standard InChI is InChI=1S/C19H28N2O5/c1-12(2)10-15(18(23)24)20-17(22)16(13(3)4)21-19(25)26-11-14-8-6-5-7-9-14/h5-9,12-13,15-16H,10-11H2,1-4H3,(H,20,22)(H,21,25)(H,23,24)/t15-,16?/m0/s1. The van der Waals surface area contributed by atoms with Gasteiger partial charge in [0, 0.05) is 0 Å². The third kappa shape index (κ3) is 7.55. The fraction of sp³-hybridized carbons (Fsp3) is 0.526. The van der Waals surface area contributed by atoms with Crippen molar-refractivity contribution >= 4 is 18.0 Å². The van der Waals surface area contributed by atoms with Crippen molar-refractivity contribution < 1.29 is 24.2 Å². The van der Waals surface area contributed by atoms with Crippen LogP contribution in [0.25, 0.3) is 0 Å². The number of carbonyl (C=O) groups is 3. The third-order valence-electron chi connectivity index (χ3n) is 3.76. The van der Waals surface area contributed by atoms with E-state index >= 15 is 0 Å². The minimum atomic E-state index is -1.10. The van der Waals surface area contributed by atoms with E-state index in [1.54, 1.807) is 13.8 Å². The molecular weight excluding hydrogens is 336 g/mol. The summed E-state index contributed by atoms with van der Waals surface area (Å²) >= 11 is 0. The van der Waals surface area contributed by atoms with Crippen LogP contribution in [-0.4, -0.2) is 35.2 Å². The van der Waals surface area contributed by atoms with E-state index in [4.69, 9.17) is 4.74 Å². The number of alkyl carbamates (subject to hydrolysis) is 1. The lowest BCUT2D eigenvalue weighted by Gasteiger charge is -2.24. The van der Waals surface area contributed by atoms with E-state index in [2.05, 4.69) is 10.6 Å². The summed E-state index contributed by atoms with van der Waals surface area (Å²) in [5, 5.41) is 14.3. The Labute approximate surface area is 154 Å². The number of benzene rings is 1. The molecule has 2 amide bonds. The van der Waals surface area contributed by atoms with Crippen molar-refractivity contribution in [2.45, 2.75) is 52.8 Å². The maximum Gasteiger partial charge on any atom is 0.408 e. The second kappa shape index (κ2) is 10.4. The maximum absolute atomic E-state index is 12.4. The van der Waals surface area contributed by atoms with E-state index in [-0.39, 0.29) is 18.4 Å². The molecule has 0 radical (unpaired) electrons. The summed E-state index contributed by atoms with van der Waals surface area (Å²) in [6.45, 7) is 7.37. The van der Waals surface area contributed by atoms with Gasteiger partial charge < -0.3 is 20.5 Å². The van der Waals surface area contributed by atoms with E-state index in [0.29, 0.717) is 6.42 Å². The average molecular weight is 364 g/mol. The Morgan fingerprint density at radius 2 is 1.65 bits per heavy atom. The van der Waals surface area contributed by atoms with Crippen molar-refractivity contribution in [1.29, 1.82) is 0 Å². The first-order chi connectivity index (χ1) is 12.2. The van der Waals surface area contributed by atoms with Gasteiger partial charge in [0.1, 0.15) is 18.7 Å². The lowest BCUT2D eigenvalue weighted by Crippen LogP contribution is -2.54. The second-order valence-electron chi connectivity index (χ2n) is 6.96. The number of amides is 2. The van der Waals surface area contributed by atoms with Crippen molar-refractivity contribution in [2.75, 3.05) is 0 Å². The van der Waals surface area contributed by atoms with Crippen LogP contribution in [0.15, 0.2) is 30.3 Å². The molecule has 0 aliphatic heterocycles. The van der Waals surface area contributed by atoms with E-state index < -0.39 is 30.1 Å². The lowest BCUT2D eigenvalue weighted by molar-refractivity contribution is -0.142. The fourth-order valence-corrected chi connectivity index (χ4v) is 2.38. The third-order valence-corrected chi connectivity index (χ3v) is 3.76. The van der Waals surface area contributed by atoms with E-state index in [9.17, 15) is 19.5 Å². The molecule has 0 spiro atoms. The molecule has 0 saturated carbocycles. The van der Waals surface area contributed by atoms with Gasteiger partial charge in [0.25, 0.3) is 0 Å². The van der Waals surface area contributed by atoms with Gasteiger partial charge in [-0.3, -0.25) is 4.79 Å². The first-order valence-corrected chi connectivity index (χ1v) is 8.71. The Balaban J connectivity index is 2.64. The molecule has 0 bridgehead atoms. The predicted octanol–water partition coefficient (Wildman–Crippen LogP) is 2.55. The summed E-state index contributed by atoms with van der Waals surface area (Å²) in [5.74, 6) is -1.75. The fourth-order valence-electron chi connectivity index (χ4n) is 2.38. The summed E-state index contributed by atoms with van der Waals surface area (Å²) in [6.07, 6.45) is -0.414. The molecule has 1 aromatic rings. The highest BCUT2D eigenvalue weighted by atomic mass is 16.5. The van der Waals surface area contributed by atoms with Crippen LogP contribution in [0.2, 0.25) is 0 Å². The molecule has 1 unspecified atom stereocenters. The molecule has 1 rings (SSSR count). The number of nitrogens with one attached hydrogen (secondary N) is 2. The number of rotatable bonds is 9. The van der Waals surface area contributed by atoms with Gasteiger partial charge in [-0.05, 0) is 23.8 Å². The molecule has 0 fully saturated rings. The predicted molar refractivity (Wildman–Crippen MR) is 97.4 cm³/mol. The van der Waals surface area contributed by atoms with Gasteiger partial charge in [-0.2, -0.15) is 0 Å². The summed E-state index contributed by atoms with van der Waals surface area (Å²) in [4.78, 5) is 35.8. The molecule has 144 valence electrons. The van der Waals surface area contributed by atoms with Gasteiger partial charge >= 0.3 is 12.1 Å². The summed E-state index contributed by atoms with van der Waals surface area (Å²) in [7, 11) is 0. The van der Waals surface area contributed by atoms with Crippen LogP contribution in [0.5, 0.6) is 0 Å². The van der Waals surface area contributed by atoms with Crippen LogP contribution in [0, 0.1) is 11.8 Å². The topological polar surface area (TPSA) is 105 Å². The van der Waals surface area contributed by atoms with Crippen LogP contribution >= 0.6 is 0 Å². The summed E-state index contributed by atoms with van der Waals surface area (Å²) in [6, 6.07) is 7.30. The molecule has 0 heterocycles. The normalized spacial score (nSPS) is 13.2. The smallest absolute Gasteiger partial charge is 0.408 e. The van der Waals surface area contributed by atoms with Gasteiger partial charge in [-0.15, -0.1) is 0 Å². The number of hydrogen-bond donors (Lipinski definition) is 3. The first kappa shape index (κ1) is 21.5. The zero-order valence-electron chi connectivity index (χ0n) is 15.7. The molecule has 2 atom stereocenters. The molecule has 7 nitrogen and oxygen atoms in total. The Kier molecular flexibility index (Phi) is 8.61. The van der Waals surface area contributed by atoms with Crippen LogP contribution in [-0.2, 0) is 20.9 Å². The monoisotopic (exact) mass is 364 g/mol. The van der Waals surface area contributed by atoms with Crippen LogP contribution < -0.4 is 10.6 Å². The lowest BCUT2D eigenvalue weighted by atomic mass is 10.0. The molecule has 26 heavy (non-hydrogen) atoms.